The summed E-state index contributed by atoms with van der Waals surface area (Å²) in [6, 6.07) is 9.16. The molecule has 3 aromatic rings. The Morgan fingerprint density at radius 2 is 1.97 bits per heavy atom. The molecule has 0 bridgehead atoms. The second-order valence-electron chi connectivity index (χ2n) is 9.70. The molecule has 1 fully saturated rings. The summed E-state index contributed by atoms with van der Waals surface area (Å²) in [7, 11) is 0. The van der Waals surface area contributed by atoms with Crippen LogP contribution in [-0.2, 0) is 14.3 Å². The van der Waals surface area contributed by atoms with E-state index < -0.39 is 17.7 Å². The van der Waals surface area contributed by atoms with E-state index in [-0.39, 0.29) is 12.3 Å². The van der Waals surface area contributed by atoms with Crippen LogP contribution in [0.2, 0.25) is 5.02 Å². The number of ether oxygens (including phenoxy) is 1. The fourth-order valence-corrected chi connectivity index (χ4v) is 5.35. The van der Waals surface area contributed by atoms with Crippen molar-refractivity contribution < 1.29 is 19.4 Å². The van der Waals surface area contributed by atoms with Crippen LogP contribution in [0.25, 0.3) is 26.9 Å². The van der Waals surface area contributed by atoms with Crippen molar-refractivity contribution in [3.05, 3.63) is 82.0 Å². The number of carboxylic acid groups (broad SMARTS) is 1. The van der Waals surface area contributed by atoms with Crippen molar-refractivity contribution in [2.45, 2.75) is 45.8 Å². The average Bonchev–Trinajstić information content (AvgIpc) is 3.33. The number of carbonyl (C=O) groups excluding carboxylic acids is 1. The number of aliphatic carboxylic acids is 1. The van der Waals surface area contributed by atoms with Crippen molar-refractivity contribution in [3.8, 4) is 11.1 Å². The van der Waals surface area contributed by atoms with Crippen molar-refractivity contribution in [1.82, 2.24) is 10.3 Å². The van der Waals surface area contributed by atoms with Gasteiger partial charge in [0.2, 0.25) is 5.91 Å². The zero-order valence-electron chi connectivity index (χ0n) is 20.6. The second-order valence-corrected chi connectivity index (χ2v) is 11.1. The van der Waals surface area contributed by atoms with E-state index in [1.807, 2.05) is 52.0 Å². The number of carboxylic acids is 1. The van der Waals surface area contributed by atoms with Crippen LogP contribution >= 0.6 is 22.9 Å². The molecule has 4 rings (SSSR count). The number of rotatable bonds is 6. The molecular weight excluding hydrogens is 496 g/mol. The molecule has 2 heterocycles. The molecule has 6 nitrogen and oxygen atoms in total. The van der Waals surface area contributed by atoms with Gasteiger partial charge in [0.05, 0.1) is 22.2 Å². The normalized spacial score (nSPS) is 16.0. The van der Waals surface area contributed by atoms with E-state index in [0.29, 0.717) is 26.9 Å². The largest absolute Gasteiger partial charge is 0.479 e. The van der Waals surface area contributed by atoms with Gasteiger partial charge >= 0.3 is 5.97 Å². The number of aromatic nitrogens is 1. The SMILES string of the molecule is C=C1NC(=O)C/C1=C/C(=C)c1nc2cc(C)c([C@H](OC(C)(C)C)C(=O)O)c(-c3ccc(Cl)cc3)c2s1. The number of fused-ring (bicyclic) bond motifs is 1. The Bertz CT molecular complexity index is 1440. The van der Waals surface area contributed by atoms with Crippen LogP contribution < -0.4 is 5.32 Å². The Kier molecular flexibility index (Phi) is 6.92. The lowest BCUT2D eigenvalue weighted by molar-refractivity contribution is -0.160. The number of halogens is 1. The Morgan fingerprint density at radius 3 is 2.53 bits per heavy atom. The van der Waals surface area contributed by atoms with Gasteiger partial charge in [0, 0.05) is 27.4 Å². The minimum absolute atomic E-state index is 0.104. The van der Waals surface area contributed by atoms with Gasteiger partial charge in [0.15, 0.2) is 6.10 Å². The maximum absolute atomic E-state index is 12.4. The van der Waals surface area contributed by atoms with Crippen LogP contribution in [0, 0.1) is 6.92 Å². The lowest BCUT2D eigenvalue weighted by Crippen LogP contribution is -2.28. The van der Waals surface area contributed by atoms with E-state index in [2.05, 4.69) is 18.5 Å². The smallest absolute Gasteiger partial charge is 0.337 e. The molecule has 0 saturated carbocycles. The van der Waals surface area contributed by atoms with Crippen LogP contribution in [0.4, 0.5) is 0 Å². The Labute approximate surface area is 219 Å². The Hall–Kier alpha value is -3.26. The van der Waals surface area contributed by atoms with Crippen LogP contribution in [0.1, 0.15) is 49.4 Å². The predicted molar refractivity (Wildman–Crippen MR) is 145 cm³/mol. The van der Waals surface area contributed by atoms with E-state index in [0.717, 1.165) is 32.5 Å². The molecule has 1 amide bonds. The van der Waals surface area contributed by atoms with E-state index in [1.165, 1.54) is 11.3 Å². The number of amides is 1. The quantitative estimate of drug-likeness (QED) is 0.370. The number of hydrogen-bond acceptors (Lipinski definition) is 5. The number of nitrogens with zero attached hydrogens (tertiary/aromatic N) is 1. The molecule has 36 heavy (non-hydrogen) atoms. The second kappa shape index (κ2) is 9.65. The monoisotopic (exact) mass is 522 g/mol. The Morgan fingerprint density at radius 1 is 1.31 bits per heavy atom. The number of nitrogens with one attached hydrogen (secondary N) is 1. The Balaban J connectivity index is 1.94. The first kappa shape index (κ1) is 25.8. The van der Waals surface area contributed by atoms with Crippen LogP contribution in [0.15, 0.2) is 60.8 Å². The molecular formula is C28H27ClN2O4S. The van der Waals surface area contributed by atoms with E-state index in [9.17, 15) is 14.7 Å². The summed E-state index contributed by atoms with van der Waals surface area (Å²) in [4.78, 5) is 29.0. The molecule has 8 heteroatoms. The zero-order valence-corrected chi connectivity index (χ0v) is 22.1. The molecule has 2 aromatic carbocycles. The van der Waals surface area contributed by atoms with Crippen LogP contribution in [0.5, 0.6) is 0 Å². The first-order valence-electron chi connectivity index (χ1n) is 11.3. The first-order valence-corrected chi connectivity index (χ1v) is 12.5. The van der Waals surface area contributed by atoms with Gasteiger partial charge in [-0.15, -0.1) is 11.3 Å². The molecule has 1 aliphatic heterocycles. The van der Waals surface area contributed by atoms with Crippen molar-refractivity contribution in [2.24, 2.45) is 0 Å². The van der Waals surface area contributed by atoms with Gasteiger partial charge in [-0.3, -0.25) is 4.79 Å². The molecule has 0 spiro atoms. The van der Waals surface area contributed by atoms with E-state index in [1.54, 1.807) is 12.1 Å². The summed E-state index contributed by atoms with van der Waals surface area (Å²) >= 11 is 7.57. The van der Waals surface area contributed by atoms with Gasteiger partial charge in [-0.25, -0.2) is 9.78 Å². The highest BCUT2D eigenvalue weighted by Gasteiger charge is 2.32. The predicted octanol–water partition coefficient (Wildman–Crippen LogP) is 6.84. The van der Waals surface area contributed by atoms with Crippen LogP contribution in [0.3, 0.4) is 0 Å². The van der Waals surface area contributed by atoms with E-state index in [4.69, 9.17) is 21.3 Å². The van der Waals surface area contributed by atoms with E-state index >= 15 is 0 Å². The summed E-state index contributed by atoms with van der Waals surface area (Å²) in [5, 5.41) is 14.1. The lowest BCUT2D eigenvalue weighted by atomic mass is 9.91. The number of carbonyl (C=O) groups is 2. The fraction of sp³-hybridized carbons (Fsp3) is 0.250. The molecule has 0 aliphatic carbocycles. The molecule has 1 atom stereocenters. The summed E-state index contributed by atoms with van der Waals surface area (Å²) in [6.07, 6.45) is 0.873. The van der Waals surface area contributed by atoms with Crippen molar-refractivity contribution in [2.75, 3.05) is 0 Å². The molecule has 0 unspecified atom stereocenters. The van der Waals surface area contributed by atoms with Crippen molar-refractivity contribution in [3.63, 3.8) is 0 Å². The lowest BCUT2D eigenvalue weighted by Gasteiger charge is -2.28. The van der Waals surface area contributed by atoms with Gasteiger partial charge in [0.25, 0.3) is 0 Å². The number of allylic oxidation sites excluding steroid dienone is 3. The minimum Gasteiger partial charge on any atom is -0.479 e. The molecule has 0 radical (unpaired) electrons. The van der Waals surface area contributed by atoms with Gasteiger partial charge in [-0.2, -0.15) is 0 Å². The topological polar surface area (TPSA) is 88.5 Å². The summed E-state index contributed by atoms with van der Waals surface area (Å²) in [5.41, 5.74) is 4.89. The maximum Gasteiger partial charge on any atom is 0.337 e. The molecule has 186 valence electrons. The van der Waals surface area contributed by atoms with Gasteiger partial charge in [-0.1, -0.05) is 36.9 Å². The highest BCUT2D eigenvalue weighted by Crippen LogP contribution is 2.43. The fourth-order valence-electron chi connectivity index (χ4n) is 4.16. The summed E-state index contributed by atoms with van der Waals surface area (Å²) in [5.74, 6) is -1.18. The molecule has 1 saturated heterocycles. The number of thiazole rings is 1. The molecule has 2 N–H and O–H groups in total. The van der Waals surface area contributed by atoms with Gasteiger partial charge < -0.3 is 15.2 Å². The van der Waals surface area contributed by atoms with Gasteiger partial charge in [-0.05, 0) is 68.7 Å². The summed E-state index contributed by atoms with van der Waals surface area (Å²) in [6.45, 7) is 15.4. The molecule has 1 aliphatic rings. The van der Waals surface area contributed by atoms with Gasteiger partial charge in [0.1, 0.15) is 5.01 Å². The number of benzene rings is 2. The molecule has 1 aromatic heterocycles. The third kappa shape index (κ3) is 5.28. The number of hydrogen-bond donors (Lipinski definition) is 2. The minimum atomic E-state index is -1.19. The average molecular weight is 523 g/mol. The third-order valence-electron chi connectivity index (χ3n) is 5.67. The maximum atomic E-state index is 12.4. The summed E-state index contributed by atoms with van der Waals surface area (Å²) < 4.78 is 6.86. The third-order valence-corrected chi connectivity index (χ3v) is 7.09. The first-order chi connectivity index (χ1) is 16.8. The highest BCUT2D eigenvalue weighted by atomic mass is 35.5. The van der Waals surface area contributed by atoms with Crippen molar-refractivity contribution in [1.29, 1.82) is 0 Å². The number of aryl methyl sites for hydroxylation is 1. The van der Waals surface area contributed by atoms with Crippen molar-refractivity contribution >= 4 is 50.6 Å². The zero-order chi connectivity index (χ0) is 26.4. The standard InChI is InChI=1S/C28H27ClN2O4S/c1-14-12-20-25(36-26(31-20)15(2)11-18-13-21(32)30-16(18)3)23(17-7-9-19(29)10-8-17)22(14)24(27(33)34)35-28(4,5)6/h7-12,24H,2-3,13H2,1,4-6H3,(H,30,32)(H,33,34)/b18-11-/t24-/m0/s1. The highest BCUT2D eigenvalue weighted by molar-refractivity contribution is 7.20. The van der Waals surface area contributed by atoms with Crippen LogP contribution in [-0.4, -0.2) is 27.6 Å².